The highest BCUT2D eigenvalue weighted by molar-refractivity contribution is 6.28. The van der Waals surface area contributed by atoms with Crippen molar-refractivity contribution in [3.8, 4) is 0 Å². The molecule has 0 unspecified atom stereocenters. The topological polar surface area (TPSA) is 44.8 Å². The first-order valence-corrected chi connectivity index (χ1v) is 4.97. The first-order valence-electron chi connectivity index (χ1n) is 2.98. The average molecular weight is 164 g/mol. The Morgan fingerprint density at radius 1 is 1.40 bits per heavy atom. The van der Waals surface area contributed by atoms with E-state index in [1.54, 1.807) is 0 Å². The van der Waals surface area contributed by atoms with Crippen LogP contribution in [-0.4, -0.2) is 36.2 Å². The molecule has 0 amide bonds. The Labute approximate surface area is 62.4 Å². The first kappa shape index (κ1) is 9.61. The van der Waals surface area contributed by atoms with Gasteiger partial charge in [0.25, 0.3) is 6.29 Å². The molecule has 0 radical (unpaired) electrons. The Bertz CT molecular complexity index is 102. The first-order chi connectivity index (χ1) is 4.76. The van der Waals surface area contributed by atoms with Crippen LogP contribution < -0.4 is 0 Å². The molecule has 0 saturated carbocycles. The molecule has 0 atom stereocenters. The molecule has 60 valence electrons. The van der Waals surface area contributed by atoms with Gasteiger partial charge in [-0.1, -0.05) is 0 Å². The van der Waals surface area contributed by atoms with E-state index in [4.69, 9.17) is 4.43 Å². The lowest BCUT2D eigenvalue weighted by Crippen LogP contribution is -2.27. The summed E-state index contributed by atoms with van der Waals surface area (Å²) in [7, 11) is 2.09. The predicted octanol–water partition coefficient (Wildman–Crippen LogP) is -0.720. The van der Waals surface area contributed by atoms with Crippen molar-refractivity contribution in [2.75, 3.05) is 14.2 Å². The molecule has 0 heterocycles. The fraction of sp³-hybridized carbons (Fsp3) is 0.800. The molecule has 0 spiro atoms. The molecule has 10 heavy (non-hydrogen) atoms. The van der Waals surface area contributed by atoms with Gasteiger partial charge in [0.15, 0.2) is 0 Å². The lowest BCUT2D eigenvalue weighted by atomic mass is 10.7. The lowest BCUT2D eigenvalue weighted by Gasteiger charge is -2.10. The molecule has 4 nitrogen and oxygen atoms in total. The molecule has 0 saturated heterocycles. The minimum atomic E-state index is -0.854. The third-order valence-electron chi connectivity index (χ3n) is 0.907. The van der Waals surface area contributed by atoms with E-state index in [0.29, 0.717) is 0 Å². The fourth-order valence-corrected chi connectivity index (χ4v) is 0.920. The summed E-state index contributed by atoms with van der Waals surface area (Å²) in [5.41, 5.74) is 0. The largest absolute Gasteiger partial charge is 0.522 e. The Kier molecular flexibility index (Phi) is 5.18. The molecule has 0 aromatic rings. The molecule has 0 aliphatic rings. The van der Waals surface area contributed by atoms with E-state index in [-0.39, 0.29) is 0 Å². The molecule has 0 N–H and O–H groups in total. The van der Waals surface area contributed by atoms with E-state index in [2.05, 4.69) is 9.47 Å². The summed E-state index contributed by atoms with van der Waals surface area (Å²) >= 11 is 0. The average Bonchev–Trinajstić information content (AvgIpc) is 1.91. The van der Waals surface area contributed by atoms with Crippen molar-refractivity contribution < 1.29 is 18.7 Å². The van der Waals surface area contributed by atoms with Crippen LogP contribution in [0.25, 0.3) is 0 Å². The van der Waals surface area contributed by atoms with E-state index in [1.807, 2.05) is 6.55 Å². The zero-order chi connectivity index (χ0) is 7.98. The van der Waals surface area contributed by atoms with Gasteiger partial charge in [0.05, 0.1) is 0 Å². The minimum absolute atomic E-state index is 0.431. The molecule has 0 aromatic carbocycles. The van der Waals surface area contributed by atoms with Crippen LogP contribution in [0.2, 0.25) is 6.55 Å². The van der Waals surface area contributed by atoms with E-state index in [1.165, 1.54) is 14.2 Å². The number of methoxy groups -OCH3 is 2. The maximum atomic E-state index is 10.8. The van der Waals surface area contributed by atoms with Crippen molar-refractivity contribution in [3.05, 3.63) is 0 Å². The summed E-state index contributed by atoms with van der Waals surface area (Å²) in [6.45, 7) is 1.86. The van der Waals surface area contributed by atoms with Crippen LogP contribution in [0.4, 0.5) is 0 Å². The smallest absolute Gasteiger partial charge is 0.349 e. The highest BCUT2D eigenvalue weighted by atomic mass is 28.2. The van der Waals surface area contributed by atoms with Crippen molar-refractivity contribution in [2.24, 2.45) is 0 Å². The Balaban J connectivity index is 3.65. The summed E-state index contributed by atoms with van der Waals surface area (Å²) in [6, 6.07) is 0. The number of carbonyl (C=O) groups excluding carboxylic acids is 1. The number of rotatable bonds is 4. The van der Waals surface area contributed by atoms with Gasteiger partial charge < -0.3 is 13.9 Å². The van der Waals surface area contributed by atoms with Gasteiger partial charge in [-0.25, -0.2) is 4.79 Å². The maximum absolute atomic E-state index is 10.8. The molecule has 0 aliphatic carbocycles. The third kappa shape index (κ3) is 2.95. The minimum Gasteiger partial charge on any atom is -0.522 e. The van der Waals surface area contributed by atoms with Gasteiger partial charge in [0, 0.05) is 14.2 Å². The number of hydrogen-bond donors (Lipinski definition) is 0. The maximum Gasteiger partial charge on any atom is 0.349 e. The summed E-state index contributed by atoms with van der Waals surface area (Å²) in [4.78, 5) is 10.8. The SMILES string of the molecule is COC(OC)C(=O)O[SiH2]C. The molecule has 0 rings (SSSR count). The molecular formula is C5H12O4Si. The number of ether oxygens (including phenoxy) is 2. The van der Waals surface area contributed by atoms with E-state index < -0.39 is 22.0 Å². The van der Waals surface area contributed by atoms with Gasteiger partial charge in [-0.15, -0.1) is 0 Å². The van der Waals surface area contributed by atoms with Crippen molar-refractivity contribution in [1.29, 1.82) is 0 Å². The second-order valence-corrected chi connectivity index (χ2v) is 2.42. The molecule has 0 aliphatic heterocycles. The van der Waals surface area contributed by atoms with Crippen molar-refractivity contribution in [3.63, 3.8) is 0 Å². The molecule has 0 fully saturated rings. The summed E-state index contributed by atoms with van der Waals surface area (Å²) in [5.74, 6) is -0.431. The molecule has 0 aromatic heterocycles. The summed E-state index contributed by atoms with van der Waals surface area (Å²) in [6.07, 6.45) is -0.854. The normalized spacial score (nSPS) is 11.2. The van der Waals surface area contributed by atoms with Crippen molar-refractivity contribution >= 4 is 15.7 Å². The van der Waals surface area contributed by atoms with Crippen LogP contribution in [0.1, 0.15) is 0 Å². The van der Waals surface area contributed by atoms with Crippen molar-refractivity contribution in [1.82, 2.24) is 0 Å². The second kappa shape index (κ2) is 5.40. The zero-order valence-corrected chi connectivity index (χ0v) is 7.83. The summed E-state index contributed by atoms with van der Waals surface area (Å²) < 4.78 is 14.0. The molecule has 0 bridgehead atoms. The molecular weight excluding hydrogens is 152 g/mol. The van der Waals surface area contributed by atoms with Gasteiger partial charge in [0.1, 0.15) is 0 Å². The fourth-order valence-electron chi connectivity index (χ4n) is 0.499. The Morgan fingerprint density at radius 3 is 2.20 bits per heavy atom. The quantitative estimate of drug-likeness (QED) is 0.406. The Hall–Kier alpha value is -0.393. The number of carbonyl (C=O) groups is 1. The summed E-state index contributed by atoms with van der Waals surface area (Å²) in [5, 5.41) is 0. The van der Waals surface area contributed by atoms with Crippen LogP contribution in [0.3, 0.4) is 0 Å². The number of hydrogen-bond acceptors (Lipinski definition) is 4. The highest BCUT2D eigenvalue weighted by Crippen LogP contribution is 1.92. The lowest BCUT2D eigenvalue weighted by molar-refractivity contribution is -0.174. The van der Waals surface area contributed by atoms with Gasteiger partial charge in [-0.2, -0.15) is 0 Å². The van der Waals surface area contributed by atoms with E-state index in [9.17, 15) is 4.79 Å². The van der Waals surface area contributed by atoms with E-state index >= 15 is 0 Å². The van der Waals surface area contributed by atoms with E-state index in [0.717, 1.165) is 0 Å². The van der Waals surface area contributed by atoms with Gasteiger partial charge in [-0.05, 0) is 6.55 Å². The highest BCUT2D eigenvalue weighted by Gasteiger charge is 2.16. The van der Waals surface area contributed by atoms with Crippen LogP contribution in [0.5, 0.6) is 0 Å². The van der Waals surface area contributed by atoms with Crippen LogP contribution >= 0.6 is 0 Å². The second-order valence-electron chi connectivity index (χ2n) is 1.56. The van der Waals surface area contributed by atoms with Gasteiger partial charge in [-0.3, -0.25) is 0 Å². The predicted molar refractivity (Wildman–Crippen MR) is 38.3 cm³/mol. The third-order valence-corrected chi connectivity index (χ3v) is 1.48. The van der Waals surface area contributed by atoms with Crippen LogP contribution in [0, 0.1) is 0 Å². The Morgan fingerprint density at radius 2 is 1.90 bits per heavy atom. The molecule has 5 heteroatoms. The standard InChI is InChI=1S/C5H12O4Si/c1-7-5(8-2)4(6)9-10-3/h5H,10H2,1-3H3. The van der Waals surface area contributed by atoms with Gasteiger partial charge >= 0.3 is 5.97 Å². The van der Waals surface area contributed by atoms with Crippen LogP contribution in [-0.2, 0) is 18.7 Å². The van der Waals surface area contributed by atoms with Crippen molar-refractivity contribution in [2.45, 2.75) is 12.8 Å². The van der Waals surface area contributed by atoms with Crippen LogP contribution in [0.15, 0.2) is 0 Å². The monoisotopic (exact) mass is 164 g/mol. The van der Waals surface area contributed by atoms with Gasteiger partial charge in [0.2, 0.25) is 9.76 Å². The zero-order valence-electron chi connectivity index (χ0n) is 6.42.